The van der Waals surface area contributed by atoms with Crippen molar-refractivity contribution in [3.8, 4) is 11.8 Å². The topological polar surface area (TPSA) is 42.0 Å². The van der Waals surface area contributed by atoms with Gasteiger partial charge in [0, 0.05) is 5.56 Å². The third-order valence-electron chi connectivity index (χ3n) is 3.28. The molecule has 0 unspecified atom stereocenters. The van der Waals surface area contributed by atoms with Gasteiger partial charge in [-0.1, -0.05) is 36.1 Å². The maximum Gasteiger partial charge on any atom is 0.417 e. The van der Waals surface area contributed by atoms with Crippen molar-refractivity contribution < 1.29 is 18.0 Å². The van der Waals surface area contributed by atoms with E-state index < -0.39 is 17.6 Å². The summed E-state index contributed by atoms with van der Waals surface area (Å²) < 4.78 is 39.5. The Balaban J connectivity index is 1.68. The number of fused-ring (bicyclic) bond motifs is 1. The smallest absolute Gasteiger partial charge is 0.339 e. The van der Waals surface area contributed by atoms with Crippen LogP contribution in [0.1, 0.15) is 20.9 Å². The molecule has 1 amide bonds. The fourth-order valence-electron chi connectivity index (χ4n) is 2.15. The lowest BCUT2D eigenvalue weighted by Gasteiger charge is -2.08. The molecular formula is C18H11F3N2OS. The standard InChI is InChI=1S/C18H11F3N2OS/c19-18(20,21)13-8-2-1-6-12(13)7-5-11-22-16(24)17-23-14-9-3-4-10-15(14)25-17/h1-4,6,8-10H,11H2,(H,22,24). The maximum atomic E-state index is 12.9. The van der Waals surface area contributed by atoms with E-state index in [0.717, 1.165) is 16.3 Å². The van der Waals surface area contributed by atoms with Gasteiger partial charge < -0.3 is 5.32 Å². The molecule has 3 rings (SSSR count). The van der Waals surface area contributed by atoms with E-state index in [1.165, 1.54) is 29.5 Å². The van der Waals surface area contributed by atoms with Crippen LogP contribution in [0.15, 0.2) is 48.5 Å². The molecule has 1 aromatic heterocycles. The summed E-state index contributed by atoms with van der Waals surface area (Å²) in [6.07, 6.45) is -4.46. The van der Waals surface area contributed by atoms with Crippen LogP contribution in [-0.4, -0.2) is 17.4 Å². The number of rotatable bonds is 2. The van der Waals surface area contributed by atoms with Crippen molar-refractivity contribution in [3.63, 3.8) is 0 Å². The average molecular weight is 360 g/mol. The van der Waals surface area contributed by atoms with Gasteiger partial charge in [0.05, 0.1) is 22.3 Å². The highest BCUT2D eigenvalue weighted by molar-refractivity contribution is 7.20. The summed E-state index contributed by atoms with van der Waals surface area (Å²) in [4.78, 5) is 16.2. The van der Waals surface area contributed by atoms with Crippen LogP contribution in [0.3, 0.4) is 0 Å². The monoisotopic (exact) mass is 360 g/mol. The fraction of sp³-hybridized carbons (Fsp3) is 0.111. The van der Waals surface area contributed by atoms with Gasteiger partial charge in [-0.05, 0) is 24.3 Å². The molecule has 25 heavy (non-hydrogen) atoms. The molecule has 2 aromatic carbocycles. The first-order valence-electron chi connectivity index (χ1n) is 7.24. The fourth-order valence-corrected chi connectivity index (χ4v) is 3.03. The normalized spacial score (nSPS) is 11.0. The minimum Gasteiger partial charge on any atom is -0.339 e. The van der Waals surface area contributed by atoms with Gasteiger partial charge in [-0.2, -0.15) is 13.2 Å². The largest absolute Gasteiger partial charge is 0.417 e. The SMILES string of the molecule is O=C(NCC#Cc1ccccc1C(F)(F)F)c1nc2ccccc2s1. The first-order valence-corrected chi connectivity index (χ1v) is 8.05. The van der Waals surface area contributed by atoms with Crippen LogP contribution in [0.5, 0.6) is 0 Å². The molecule has 7 heteroatoms. The molecule has 0 fully saturated rings. The molecule has 3 nitrogen and oxygen atoms in total. The number of nitrogens with one attached hydrogen (secondary N) is 1. The van der Waals surface area contributed by atoms with Gasteiger partial charge in [0.15, 0.2) is 5.01 Å². The van der Waals surface area contributed by atoms with Gasteiger partial charge in [0.25, 0.3) is 5.91 Å². The average Bonchev–Trinajstić information content (AvgIpc) is 3.02. The number of carbonyl (C=O) groups excluding carboxylic acids is 1. The number of benzene rings is 2. The molecule has 0 radical (unpaired) electrons. The summed E-state index contributed by atoms with van der Waals surface area (Å²) in [5, 5.41) is 2.83. The Bertz CT molecular complexity index is 950. The van der Waals surface area contributed by atoms with Gasteiger partial charge in [0.1, 0.15) is 0 Å². The number of thiazole rings is 1. The third kappa shape index (κ3) is 3.98. The Kier molecular flexibility index (Phi) is 4.72. The van der Waals surface area contributed by atoms with Crippen LogP contribution in [-0.2, 0) is 6.18 Å². The van der Waals surface area contributed by atoms with Crippen molar-refractivity contribution in [1.29, 1.82) is 0 Å². The maximum absolute atomic E-state index is 12.9. The van der Waals surface area contributed by atoms with Gasteiger partial charge in [-0.15, -0.1) is 11.3 Å². The Labute approximate surface area is 145 Å². The summed E-state index contributed by atoms with van der Waals surface area (Å²) in [6, 6.07) is 12.4. The summed E-state index contributed by atoms with van der Waals surface area (Å²) in [5.41, 5.74) is -0.188. The minimum atomic E-state index is -4.46. The Hall–Kier alpha value is -2.85. The number of hydrogen-bond acceptors (Lipinski definition) is 3. The molecular weight excluding hydrogens is 349 g/mol. The van der Waals surface area contributed by atoms with Crippen LogP contribution in [0.2, 0.25) is 0 Å². The highest BCUT2D eigenvalue weighted by atomic mass is 32.1. The number of halogens is 3. The third-order valence-corrected chi connectivity index (χ3v) is 4.32. The molecule has 1 N–H and O–H groups in total. The van der Waals surface area contributed by atoms with Crippen LogP contribution in [0, 0.1) is 11.8 Å². The molecule has 0 saturated heterocycles. The second-order valence-corrected chi connectivity index (χ2v) is 6.05. The van der Waals surface area contributed by atoms with E-state index in [4.69, 9.17) is 0 Å². The molecule has 0 aliphatic heterocycles. The summed E-state index contributed by atoms with van der Waals surface area (Å²) in [7, 11) is 0. The van der Waals surface area contributed by atoms with Crippen molar-refractivity contribution >= 4 is 27.5 Å². The van der Waals surface area contributed by atoms with Gasteiger partial charge in [-0.3, -0.25) is 4.79 Å². The van der Waals surface area contributed by atoms with Crippen molar-refractivity contribution in [3.05, 3.63) is 64.7 Å². The van der Waals surface area contributed by atoms with Gasteiger partial charge in [0.2, 0.25) is 0 Å². The van der Waals surface area contributed by atoms with Crippen LogP contribution in [0.4, 0.5) is 13.2 Å². The van der Waals surface area contributed by atoms with E-state index >= 15 is 0 Å². The number of para-hydroxylation sites is 1. The first-order chi connectivity index (χ1) is 11.9. The zero-order chi connectivity index (χ0) is 17.9. The zero-order valence-electron chi connectivity index (χ0n) is 12.7. The number of nitrogens with zero attached hydrogens (tertiary/aromatic N) is 1. The minimum absolute atomic E-state index is 0.0685. The summed E-state index contributed by atoms with van der Waals surface area (Å²) in [5.74, 6) is 4.59. The molecule has 0 bridgehead atoms. The molecule has 1 heterocycles. The molecule has 126 valence electrons. The Morgan fingerprint density at radius 1 is 1.12 bits per heavy atom. The second-order valence-electron chi connectivity index (χ2n) is 5.01. The van der Waals surface area contributed by atoms with Gasteiger partial charge >= 0.3 is 6.18 Å². The van der Waals surface area contributed by atoms with E-state index in [0.29, 0.717) is 5.01 Å². The second kappa shape index (κ2) is 6.95. The van der Waals surface area contributed by atoms with Crippen LogP contribution < -0.4 is 5.32 Å². The molecule has 0 spiro atoms. The molecule has 0 aliphatic rings. The van der Waals surface area contributed by atoms with Crippen molar-refractivity contribution in [2.45, 2.75) is 6.18 Å². The lowest BCUT2D eigenvalue weighted by Crippen LogP contribution is -2.23. The number of amides is 1. The van der Waals surface area contributed by atoms with E-state index in [1.54, 1.807) is 6.07 Å². The van der Waals surface area contributed by atoms with Crippen LogP contribution in [0.25, 0.3) is 10.2 Å². The molecule has 0 atom stereocenters. The van der Waals surface area contributed by atoms with Crippen molar-refractivity contribution in [2.24, 2.45) is 0 Å². The summed E-state index contributed by atoms with van der Waals surface area (Å²) in [6.45, 7) is -0.0685. The predicted molar refractivity (Wildman–Crippen MR) is 90.3 cm³/mol. The Morgan fingerprint density at radius 3 is 2.60 bits per heavy atom. The van der Waals surface area contributed by atoms with Crippen molar-refractivity contribution in [2.75, 3.05) is 6.54 Å². The molecule has 0 aliphatic carbocycles. The Morgan fingerprint density at radius 2 is 1.84 bits per heavy atom. The lowest BCUT2D eigenvalue weighted by molar-refractivity contribution is -0.137. The first kappa shape index (κ1) is 17.0. The zero-order valence-corrected chi connectivity index (χ0v) is 13.5. The van der Waals surface area contributed by atoms with E-state index in [-0.39, 0.29) is 12.1 Å². The number of carbonyl (C=O) groups is 1. The summed E-state index contributed by atoms with van der Waals surface area (Å²) >= 11 is 1.25. The predicted octanol–water partition coefficient (Wildman–Crippen LogP) is 4.10. The molecule has 3 aromatic rings. The number of hydrogen-bond donors (Lipinski definition) is 1. The van der Waals surface area contributed by atoms with Crippen LogP contribution >= 0.6 is 11.3 Å². The van der Waals surface area contributed by atoms with E-state index in [2.05, 4.69) is 22.1 Å². The van der Waals surface area contributed by atoms with E-state index in [1.807, 2.05) is 18.2 Å². The quantitative estimate of drug-likeness (QED) is 0.699. The van der Waals surface area contributed by atoms with E-state index in [9.17, 15) is 18.0 Å². The number of aromatic nitrogens is 1. The lowest BCUT2D eigenvalue weighted by atomic mass is 10.1. The van der Waals surface area contributed by atoms with Gasteiger partial charge in [-0.25, -0.2) is 4.98 Å². The molecule has 0 saturated carbocycles. The van der Waals surface area contributed by atoms with Crippen molar-refractivity contribution in [1.82, 2.24) is 10.3 Å². The highest BCUT2D eigenvalue weighted by Gasteiger charge is 2.32. The highest BCUT2D eigenvalue weighted by Crippen LogP contribution is 2.31. The number of alkyl halides is 3.